The SMILES string of the molecule is O=C(C1CC1)N1CCc2c(Br)cccc2C1. The van der Waals surface area contributed by atoms with Gasteiger partial charge in [-0.15, -0.1) is 0 Å². The maximum Gasteiger partial charge on any atom is 0.225 e. The van der Waals surface area contributed by atoms with Gasteiger partial charge < -0.3 is 4.90 Å². The first-order valence-electron chi connectivity index (χ1n) is 5.81. The Morgan fingerprint density at radius 1 is 1.38 bits per heavy atom. The van der Waals surface area contributed by atoms with Crippen molar-refractivity contribution in [2.24, 2.45) is 5.92 Å². The minimum atomic E-state index is 0.341. The Kier molecular flexibility index (Phi) is 2.51. The van der Waals surface area contributed by atoms with Crippen molar-refractivity contribution in [2.75, 3.05) is 6.54 Å². The highest BCUT2D eigenvalue weighted by molar-refractivity contribution is 9.10. The van der Waals surface area contributed by atoms with Gasteiger partial charge in [-0.2, -0.15) is 0 Å². The number of nitrogens with zero attached hydrogens (tertiary/aromatic N) is 1. The Morgan fingerprint density at radius 2 is 2.19 bits per heavy atom. The Morgan fingerprint density at radius 3 is 2.94 bits per heavy atom. The van der Waals surface area contributed by atoms with E-state index in [1.54, 1.807) is 0 Å². The molecule has 3 heteroatoms. The second kappa shape index (κ2) is 3.88. The summed E-state index contributed by atoms with van der Waals surface area (Å²) in [5, 5.41) is 0. The van der Waals surface area contributed by atoms with Crippen LogP contribution in [0.25, 0.3) is 0 Å². The molecule has 0 N–H and O–H groups in total. The highest BCUT2D eigenvalue weighted by Gasteiger charge is 2.34. The fourth-order valence-corrected chi connectivity index (χ4v) is 2.94. The molecule has 1 saturated carbocycles. The van der Waals surface area contributed by atoms with Crippen LogP contribution in [-0.2, 0) is 17.8 Å². The molecule has 0 atom stereocenters. The maximum atomic E-state index is 12.0. The zero-order valence-corrected chi connectivity index (χ0v) is 10.7. The van der Waals surface area contributed by atoms with Gasteiger partial charge in [-0.05, 0) is 36.5 Å². The Hall–Kier alpha value is -0.830. The number of carbonyl (C=O) groups excluding carboxylic acids is 1. The molecule has 1 fully saturated rings. The van der Waals surface area contributed by atoms with Crippen LogP contribution in [-0.4, -0.2) is 17.4 Å². The van der Waals surface area contributed by atoms with E-state index < -0.39 is 0 Å². The van der Waals surface area contributed by atoms with Crippen LogP contribution >= 0.6 is 15.9 Å². The summed E-state index contributed by atoms with van der Waals surface area (Å²) in [5.41, 5.74) is 2.68. The summed E-state index contributed by atoms with van der Waals surface area (Å²) in [6, 6.07) is 6.26. The molecule has 0 saturated heterocycles. The highest BCUT2D eigenvalue weighted by atomic mass is 79.9. The van der Waals surface area contributed by atoms with Crippen molar-refractivity contribution in [1.82, 2.24) is 4.90 Å². The van der Waals surface area contributed by atoms with E-state index in [0.29, 0.717) is 11.8 Å². The normalized spacial score (nSPS) is 19.4. The summed E-state index contributed by atoms with van der Waals surface area (Å²) in [6.45, 7) is 1.68. The molecule has 0 spiro atoms. The molecule has 16 heavy (non-hydrogen) atoms. The Labute approximate surface area is 104 Å². The molecule has 2 nitrogen and oxygen atoms in total. The third-order valence-corrected chi connectivity index (χ3v) is 4.19. The van der Waals surface area contributed by atoms with Crippen LogP contribution in [0.15, 0.2) is 22.7 Å². The van der Waals surface area contributed by atoms with Gasteiger partial charge in [0.1, 0.15) is 0 Å². The van der Waals surface area contributed by atoms with Crippen molar-refractivity contribution in [3.8, 4) is 0 Å². The number of carbonyl (C=O) groups is 1. The van der Waals surface area contributed by atoms with Gasteiger partial charge in [-0.1, -0.05) is 28.1 Å². The minimum absolute atomic E-state index is 0.341. The van der Waals surface area contributed by atoms with Crippen LogP contribution in [0.1, 0.15) is 24.0 Å². The van der Waals surface area contributed by atoms with Crippen molar-refractivity contribution in [1.29, 1.82) is 0 Å². The first-order valence-corrected chi connectivity index (χ1v) is 6.60. The van der Waals surface area contributed by atoms with E-state index in [1.807, 2.05) is 11.0 Å². The number of hydrogen-bond donors (Lipinski definition) is 0. The van der Waals surface area contributed by atoms with Gasteiger partial charge in [-0.25, -0.2) is 0 Å². The van der Waals surface area contributed by atoms with Crippen molar-refractivity contribution < 1.29 is 4.79 Å². The lowest BCUT2D eigenvalue weighted by Crippen LogP contribution is -2.36. The number of halogens is 1. The third-order valence-electron chi connectivity index (χ3n) is 3.45. The molecule has 2 aliphatic rings. The van der Waals surface area contributed by atoms with Gasteiger partial charge in [0.25, 0.3) is 0 Å². The molecule has 0 aromatic heterocycles. The van der Waals surface area contributed by atoms with Gasteiger partial charge in [-0.3, -0.25) is 4.79 Å². The molecule has 0 radical (unpaired) electrons. The summed E-state index contributed by atoms with van der Waals surface area (Å²) in [4.78, 5) is 14.0. The Balaban J connectivity index is 1.83. The quantitative estimate of drug-likeness (QED) is 0.774. The number of fused-ring (bicyclic) bond motifs is 1. The van der Waals surface area contributed by atoms with E-state index in [2.05, 4.69) is 28.1 Å². The predicted octanol–water partition coefficient (Wildman–Crippen LogP) is 2.74. The van der Waals surface area contributed by atoms with Crippen LogP contribution in [0, 0.1) is 5.92 Å². The van der Waals surface area contributed by atoms with Gasteiger partial charge in [0, 0.05) is 23.5 Å². The van der Waals surface area contributed by atoms with Crippen LogP contribution in [0.2, 0.25) is 0 Å². The molecule has 1 aromatic carbocycles. The van der Waals surface area contributed by atoms with E-state index in [9.17, 15) is 4.79 Å². The minimum Gasteiger partial charge on any atom is -0.338 e. The van der Waals surface area contributed by atoms with Crippen molar-refractivity contribution in [3.05, 3.63) is 33.8 Å². The average molecular weight is 280 g/mol. The van der Waals surface area contributed by atoms with Crippen LogP contribution < -0.4 is 0 Å². The van der Waals surface area contributed by atoms with Gasteiger partial charge in [0.15, 0.2) is 0 Å². The zero-order valence-electron chi connectivity index (χ0n) is 9.08. The third kappa shape index (κ3) is 1.77. The van der Waals surface area contributed by atoms with E-state index in [4.69, 9.17) is 0 Å². The summed E-state index contributed by atoms with van der Waals surface area (Å²) in [5.74, 6) is 0.708. The van der Waals surface area contributed by atoms with Gasteiger partial charge >= 0.3 is 0 Å². The first-order chi connectivity index (χ1) is 7.75. The predicted molar refractivity (Wildman–Crippen MR) is 66.0 cm³/mol. The van der Waals surface area contributed by atoms with Gasteiger partial charge in [0.2, 0.25) is 5.91 Å². The maximum absolute atomic E-state index is 12.0. The average Bonchev–Trinajstić information content (AvgIpc) is 3.12. The van der Waals surface area contributed by atoms with E-state index >= 15 is 0 Å². The summed E-state index contributed by atoms with van der Waals surface area (Å²) < 4.78 is 1.18. The number of benzene rings is 1. The monoisotopic (exact) mass is 279 g/mol. The molecule has 1 aliphatic carbocycles. The molecule has 1 aromatic rings. The molecule has 1 heterocycles. The fourth-order valence-electron chi connectivity index (χ4n) is 2.34. The standard InChI is InChI=1S/C13H14BrNO/c14-12-3-1-2-10-8-15(7-6-11(10)12)13(16)9-4-5-9/h1-3,9H,4-8H2. The molecular weight excluding hydrogens is 266 g/mol. The first kappa shape index (κ1) is 10.3. The van der Waals surface area contributed by atoms with Crippen molar-refractivity contribution in [3.63, 3.8) is 0 Å². The lowest BCUT2D eigenvalue weighted by atomic mass is 9.99. The van der Waals surface area contributed by atoms with E-state index in [0.717, 1.165) is 32.4 Å². The molecule has 1 amide bonds. The Bertz CT molecular complexity index is 440. The second-order valence-corrected chi connectivity index (χ2v) is 5.52. The summed E-state index contributed by atoms with van der Waals surface area (Å²) in [7, 11) is 0. The topological polar surface area (TPSA) is 20.3 Å². The van der Waals surface area contributed by atoms with E-state index in [1.165, 1.54) is 15.6 Å². The second-order valence-electron chi connectivity index (χ2n) is 4.66. The lowest BCUT2D eigenvalue weighted by Gasteiger charge is -2.29. The molecular formula is C13H14BrNO. The van der Waals surface area contributed by atoms with Crippen molar-refractivity contribution >= 4 is 21.8 Å². The molecule has 84 valence electrons. The smallest absolute Gasteiger partial charge is 0.225 e. The molecule has 0 bridgehead atoms. The summed E-state index contributed by atoms with van der Waals surface area (Å²) >= 11 is 3.58. The van der Waals surface area contributed by atoms with Crippen LogP contribution in [0.5, 0.6) is 0 Å². The van der Waals surface area contributed by atoms with Crippen molar-refractivity contribution in [2.45, 2.75) is 25.8 Å². The zero-order chi connectivity index (χ0) is 11.1. The number of amides is 1. The number of hydrogen-bond acceptors (Lipinski definition) is 1. The number of rotatable bonds is 1. The van der Waals surface area contributed by atoms with Crippen LogP contribution in [0.4, 0.5) is 0 Å². The molecule has 0 unspecified atom stereocenters. The lowest BCUT2D eigenvalue weighted by molar-refractivity contribution is -0.133. The molecule has 3 rings (SSSR count). The van der Waals surface area contributed by atoms with E-state index in [-0.39, 0.29) is 0 Å². The fraction of sp³-hybridized carbons (Fsp3) is 0.462. The van der Waals surface area contributed by atoms with Crippen LogP contribution in [0.3, 0.4) is 0 Å². The highest BCUT2D eigenvalue weighted by Crippen LogP contribution is 2.33. The van der Waals surface area contributed by atoms with Gasteiger partial charge in [0.05, 0.1) is 0 Å². The summed E-state index contributed by atoms with van der Waals surface area (Å²) in [6.07, 6.45) is 3.18. The largest absolute Gasteiger partial charge is 0.338 e. The molecule has 1 aliphatic heterocycles.